The third-order valence-corrected chi connectivity index (χ3v) is 5.38. The average Bonchev–Trinajstić information content (AvgIpc) is 2.64. The van der Waals surface area contributed by atoms with Gasteiger partial charge in [-0.15, -0.1) is 0 Å². The van der Waals surface area contributed by atoms with Gasteiger partial charge < -0.3 is 14.5 Å². The van der Waals surface area contributed by atoms with E-state index in [1.807, 2.05) is 48.5 Å². The van der Waals surface area contributed by atoms with Crippen molar-refractivity contribution >= 4 is 39.3 Å². The molecule has 25 heavy (non-hydrogen) atoms. The van der Waals surface area contributed by atoms with Crippen LogP contribution >= 0.6 is 27.5 Å². The van der Waals surface area contributed by atoms with E-state index < -0.39 is 0 Å². The number of hydrogen-bond donors (Lipinski definition) is 0. The zero-order valence-corrected chi connectivity index (χ0v) is 16.2. The molecule has 0 aliphatic carbocycles. The van der Waals surface area contributed by atoms with E-state index in [2.05, 4.69) is 20.8 Å². The number of hydrogen-bond acceptors (Lipinski definition) is 3. The summed E-state index contributed by atoms with van der Waals surface area (Å²) >= 11 is 9.75. The number of para-hydroxylation sites is 1. The van der Waals surface area contributed by atoms with Gasteiger partial charge in [-0.3, -0.25) is 0 Å². The van der Waals surface area contributed by atoms with E-state index in [1.54, 1.807) is 4.90 Å². The second-order valence-electron chi connectivity index (χ2n) is 5.88. The molecule has 1 amide bonds. The monoisotopic (exact) mass is 422 g/mol. The minimum atomic E-state index is -0.245. The summed E-state index contributed by atoms with van der Waals surface area (Å²) < 4.78 is 6.47. The molecule has 0 unspecified atom stereocenters. The van der Waals surface area contributed by atoms with Gasteiger partial charge in [-0.05, 0) is 23.8 Å². The molecule has 0 radical (unpaired) electrons. The molecular weight excluding hydrogens is 404 g/mol. The number of rotatable bonds is 4. The first-order valence-electron chi connectivity index (χ1n) is 8.30. The van der Waals surface area contributed by atoms with Gasteiger partial charge >= 0.3 is 6.09 Å². The van der Waals surface area contributed by atoms with E-state index in [1.165, 1.54) is 0 Å². The largest absolute Gasteiger partial charge is 0.449 e. The lowest BCUT2D eigenvalue weighted by Gasteiger charge is -2.35. The summed E-state index contributed by atoms with van der Waals surface area (Å²) in [6.07, 6.45) is 0.457. The molecule has 3 rings (SSSR count). The number of carbonyl (C=O) groups excluding carboxylic acids is 1. The van der Waals surface area contributed by atoms with E-state index in [9.17, 15) is 4.79 Å². The summed E-state index contributed by atoms with van der Waals surface area (Å²) in [5.74, 6) is 0. The molecule has 132 valence electrons. The van der Waals surface area contributed by atoms with Gasteiger partial charge in [0.05, 0.1) is 17.3 Å². The van der Waals surface area contributed by atoms with Crippen molar-refractivity contribution in [3.8, 4) is 0 Å². The average molecular weight is 424 g/mol. The highest BCUT2D eigenvalue weighted by Gasteiger charge is 2.23. The Labute approximate surface area is 161 Å². The summed E-state index contributed by atoms with van der Waals surface area (Å²) in [4.78, 5) is 16.2. The molecule has 6 heteroatoms. The Kier molecular flexibility index (Phi) is 6.21. The Hall–Kier alpha value is -1.72. The molecule has 0 atom stereocenters. The molecule has 1 aliphatic rings. The molecular formula is C19H20BrClN2O2. The van der Waals surface area contributed by atoms with Crippen LogP contribution in [0, 0.1) is 0 Å². The first-order valence-corrected chi connectivity index (χ1v) is 9.47. The first kappa shape index (κ1) is 18.1. The van der Waals surface area contributed by atoms with Crippen LogP contribution < -0.4 is 4.90 Å². The van der Waals surface area contributed by atoms with Crippen LogP contribution in [0.3, 0.4) is 0 Å². The Morgan fingerprint density at radius 1 is 1.04 bits per heavy atom. The number of piperazine rings is 1. The van der Waals surface area contributed by atoms with Crippen molar-refractivity contribution in [1.29, 1.82) is 0 Å². The zero-order chi connectivity index (χ0) is 17.6. The molecule has 1 saturated heterocycles. The molecule has 2 aromatic rings. The van der Waals surface area contributed by atoms with Gasteiger partial charge in [-0.1, -0.05) is 57.9 Å². The molecule has 2 aromatic carbocycles. The molecule has 1 fully saturated rings. The molecule has 1 heterocycles. The first-order chi connectivity index (χ1) is 12.1. The molecule has 0 N–H and O–H groups in total. The quantitative estimate of drug-likeness (QED) is 0.720. The fourth-order valence-corrected chi connectivity index (χ4v) is 3.62. The maximum atomic E-state index is 12.2. The minimum Gasteiger partial charge on any atom is -0.449 e. The summed E-state index contributed by atoms with van der Waals surface area (Å²) in [6, 6.07) is 15.8. The van der Waals surface area contributed by atoms with Crippen molar-refractivity contribution in [2.24, 2.45) is 0 Å². The normalized spacial score (nSPS) is 14.5. The number of nitrogens with zero attached hydrogens (tertiary/aromatic N) is 2. The number of halogens is 2. The molecule has 0 spiro atoms. The van der Waals surface area contributed by atoms with Crippen LogP contribution in [0.25, 0.3) is 0 Å². The van der Waals surface area contributed by atoms with Crippen molar-refractivity contribution in [2.75, 3.05) is 37.7 Å². The van der Waals surface area contributed by atoms with Crippen LogP contribution in [0.4, 0.5) is 10.5 Å². The lowest BCUT2D eigenvalue weighted by atomic mass is 10.2. The highest BCUT2D eigenvalue weighted by molar-refractivity contribution is 9.10. The predicted octanol–water partition coefficient (Wildman–Crippen LogP) is 4.60. The Bertz CT molecular complexity index is 733. The van der Waals surface area contributed by atoms with Gasteiger partial charge in [-0.2, -0.15) is 0 Å². The van der Waals surface area contributed by atoms with Crippen molar-refractivity contribution in [3.05, 3.63) is 63.6 Å². The lowest BCUT2D eigenvalue weighted by molar-refractivity contribution is 0.101. The van der Waals surface area contributed by atoms with E-state index in [0.29, 0.717) is 26.1 Å². The van der Waals surface area contributed by atoms with Crippen molar-refractivity contribution < 1.29 is 9.53 Å². The van der Waals surface area contributed by atoms with Crippen LogP contribution in [0.2, 0.25) is 5.02 Å². The van der Waals surface area contributed by atoms with Crippen LogP contribution in [-0.2, 0) is 11.2 Å². The Morgan fingerprint density at radius 3 is 2.44 bits per heavy atom. The number of amides is 1. The topological polar surface area (TPSA) is 32.8 Å². The number of anilines is 1. The van der Waals surface area contributed by atoms with Crippen molar-refractivity contribution in [2.45, 2.75) is 6.42 Å². The standard InChI is InChI=1S/C19H20BrClN2O2/c20-16-6-2-1-5-15(16)9-14-25-19(24)23-12-10-22(11-13-23)18-8-4-3-7-17(18)21/h1-8H,9-14H2. The minimum absolute atomic E-state index is 0.245. The third-order valence-electron chi connectivity index (χ3n) is 4.29. The highest BCUT2D eigenvalue weighted by atomic mass is 79.9. The smallest absolute Gasteiger partial charge is 0.409 e. The third kappa shape index (κ3) is 4.67. The van der Waals surface area contributed by atoms with Crippen molar-refractivity contribution in [3.63, 3.8) is 0 Å². The maximum absolute atomic E-state index is 12.2. The SMILES string of the molecule is O=C(OCCc1ccccc1Br)N1CCN(c2ccccc2Cl)CC1. The molecule has 1 aliphatic heterocycles. The van der Waals surface area contributed by atoms with Gasteiger partial charge in [0.15, 0.2) is 0 Å². The highest BCUT2D eigenvalue weighted by Crippen LogP contribution is 2.26. The van der Waals surface area contributed by atoms with E-state index in [4.69, 9.17) is 16.3 Å². The predicted molar refractivity (Wildman–Crippen MR) is 104 cm³/mol. The summed E-state index contributed by atoms with van der Waals surface area (Å²) in [6.45, 7) is 3.16. The molecule has 0 aromatic heterocycles. The van der Waals surface area contributed by atoms with Crippen LogP contribution in [0.15, 0.2) is 53.0 Å². The number of ether oxygens (including phenoxy) is 1. The van der Waals surface area contributed by atoms with Gasteiger partial charge in [0.2, 0.25) is 0 Å². The zero-order valence-electron chi connectivity index (χ0n) is 13.8. The van der Waals surface area contributed by atoms with Crippen LogP contribution in [0.1, 0.15) is 5.56 Å². The van der Waals surface area contributed by atoms with Crippen LogP contribution in [0.5, 0.6) is 0 Å². The van der Waals surface area contributed by atoms with Gasteiger partial charge in [0, 0.05) is 37.1 Å². The van der Waals surface area contributed by atoms with Gasteiger partial charge in [0.1, 0.15) is 0 Å². The fraction of sp³-hybridized carbons (Fsp3) is 0.316. The number of benzene rings is 2. The molecule has 4 nitrogen and oxygen atoms in total. The van der Waals surface area contributed by atoms with Crippen LogP contribution in [-0.4, -0.2) is 43.8 Å². The molecule has 0 saturated carbocycles. The van der Waals surface area contributed by atoms with E-state index in [-0.39, 0.29) is 6.09 Å². The number of carbonyl (C=O) groups is 1. The summed E-state index contributed by atoms with van der Waals surface area (Å²) in [5, 5.41) is 0.743. The van der Waals surface area contributed by atoms with Gasteiger partial charge in [0.25, 0.3) is 0 Å². The fourth-order valence-electron chi connectivity index (χ4n) is 2.88. The summed E-state index contributed by atoms with van der Waals surface area (Å²) in [7, 11) is 0. The maximum Gasteiger partial charge on any atom is 0.409 e. The van der Waals surface area contributed by atoms with E-state index in [0.717, 1.165) is 33.8 Å². The summed E-state index contributed by atoms with van der Waals surface area (Å²) in [5.41, 5.74) is 2.16. The second kappa shape index (κ2) is 8.59. The van der Waals surface area contributed by atoms with Crippen molar-refractivity contribution in [1.82, 2.24) is 4.90 Å². The lowest BCUT2D eigenvalue weighted by Crippen LogP contribution is -2.49. The molecule has 0 bridgehead atoms. The van der Waals surface area contributed by atoms with E-state index >= 15 is 0 Å². The Balaban J connectivity index is 1.46. The Morgan fingerprint density at radius 2 is 1.72 bits per heavy atom. The second-order valence-corrected chi connectivity index (χ2v) is 7.14. The van der Waals surface area contributed by atoms with Gasteiger partial charge in [-0.25, -0.2) is 4.79 Å².